The van der Waals surface area contributed by atoms with E-state index in [1.807, 2.05) is 0 Å². The molecule has 1 rings (SSSR count). The minimum Gasteiger partial charge on any atom is -0.299 e. The van der Waals surface area contributed by atoms with Crippen molar-refractivity contribution >= 4 is 28.4 Å². The number of alkyl halides is 1. The fraction of sp³-hybridized carbons (Fsp3) is 0.750. The molecular formula is C12H19IO. The van der Waals surface area contributed by atoms with Crippen molar-refractivity contribution in [2.75, 3.05) is 4.43 Å². The van der Waals surface area contributed by atoms with Crippen LogP contribution < -0.4 is 0 Å². The molecule has 0 spiro atoms. The molecule has 1 aliphatic rings. The van der Waals surface area contributed by atoms with E-state index in [1.54, 1.807) is 0 Å². The largest absolute Gasteiger partial charge is 0.299 e. The normalized spacial score (nSPS) is 22.4. The third-order valence-electron chi connectivity index (χ3n) is 2.72. The zero-order valence-corrected chi connectivity index (χ0v) is 10.8. The Labute approximate surface area is 100 Å². The average Bonchev–Trinajstić information content (AvgIpc) is 2.58. The third-order valence-corrected chi connectivity index (χ3v) is 3.49. The average molecular weight is 306 g/mol. The van der Waals surface area contributed by atoms with Gasteiger partial charge in [-0.05, 0) is 36.5 Å². The van der Waals surface area contributed by atoms with E-state index in [4.69, 9.17) is 0 Å². The number of hydrogen-bond donors (Lipinski definition) is 0. The van der Waals surface area contributed by atoms with Crippen molar-refractivity contribution in [3.05, 3.63) is 12.2 Å². The molecule has 14 heavy (non-hydrogen) atoms. The summed E-state index contributed by atoms with van der Waals surface area (Å²) >= 11 is 2.42. The van der Waals surface area contributed by atoms with Crippen molar-refractivity contribution in [3.8, 4) is 0 Å². The molecule has 80 valence electrons. The van der Waals surface area contributed by atoms with Crippen molar-refractivity contribution < 1.29 is 4.79 Å². The molecule has 0 radical (unpaired) electrons. The Balaban J connectivity index is 2.05. The Bertz CT molecular complexity index is 198. The van der Waals surface area contributed by atoms with Crippen LogP contribution in [0, 0.1) is 5.92 Å². The van der Waals surface area contributed by atoms with Crippen LogP contribution in [0.1, 0.15) is 44.9 Å². The summed E-state index contributed by atoms with van der Waals surface area (Å²) in [6, 6.07) is 0. The number of hydrogen-bond acceptors (Lipinski definition) is 1. The highest BCUT2D eigenvalue weighted by Gasteiger charge is 2.20. The molecule has 0 aliphatic heterocycles. The lowest BCUT2D eigenvalue weighted by Crippen LogP contribution is -2.01. The lowest BCUT2D eigenvalue weighted by atomic mass is 10.1. The van der Waals surface area contributed by atoms with Gasteiger partial charge in [-0.3, -0.25) is 4.79 Å². The van der Waals surface area contributed by atoms with E-state index in [0.29, 0.717) is 5.78 Å². The number of ketones is 1. The molecule has 0 N–H and O–H groups in total. The summed E-state index contributed by atoms with van der Waals surface area (Å²) in [6.07, 6.45) is 12.4. The molecule has 0 saturated heterocycles. The van der Waals surface area contributed by atoms with Crippen LogP contribution in [-0.4, -0.2) is 10.2 Å². The lowest BCUT2D eigenvalue weighted by Gasteiger charge is -1.99. The second-order valence-electron chi connectivity index (χ2n) is 3.93. The van der Waals surface area contributed by atoms with Gasteiger partial charge in [0, 0.05) is 12.3 Å². The minimum absolute atomic E-state index is 0.263. The molecule has 2 heteroatoms. The number of carbonyl (C=O) groups is 1. The van der Waals surface area contributed by atoms with Crippen LogP contribution in [0.15, 0.2) is 12.2 Å². The summed E-state index contributed by atoms with van der Waals surface area (Å²) in [7, 11) is 0. The van der Waals surface area contributed by atoms with Gasteiger partial charge in [0.1, 0.15) is 5.78 Å². The Morgan fingerprint density at radius 2 is 2.21 bits per heavy atom. The number of Topliss-reactive ketones (excluding diaryl/α,β-unsaturated/α-hetero) is 1. The van der Waals surface area contributed by atoms with Crippen molar-refractivity contribution in [1.29, 1.82) is 0 Å². The van der Waals surface area contributed by atoms with Gasteiger partial charge in [-0.15, -0.1) is 0 Å². The maximum Gasteiger partial charge on any atom is 0.139 e. The molecule has 1 fully saturated rings. The fourth-order valence-corrected chi connectivity index (χ4v) is 2.38. The molecule has 1 nitrogen and oxygen atoms in total. The van der Waals surface area contributed by atoms with E-state index in [-0.39, 0.29) is 5.92 Å². The van der Waals surface area contributed by atoms with Crippen LogP contribution in [0.2, 0.25) is 0 Å². The molecule has 1 atom stereocenters. The molecule has 1 unspecified atom stereocenters. The van der Waals surface area contributed by atoms with Gasteiger partial charge in [-0.25, -0.2) is 0 Å². The highest BCUT2D eigenvalue weighted by atomic mass is 127. The van der Waals surface area contributed by atoms with Crippen LogP contribution in [0.4, 0.5) is 0 Å². The van der Waals surface area contributed by atoms with E-state index >= 15 is 0 Å². The Hall–Kier alpha value is 0.140. The summed E-state index contributed by atoms with van der Waals surface area (Å²) < 4.78 is 1.27. The van der Waals surface area contributed by atoms with Gasteiger partial charge in [0.25, 0.3) is 0 Å². The molecule has 0 aromatic carbocycles. The SMILES string of the molecule is O=C1CCCC1C=CCCCCCI. The van der Waals surface area contributed by atoms with E-state index in [1.165, 1.54) is 23.7 Å². The Kier molecular flexibility index (Phi) is 6.48. The van der Waals surface area contributed by atoms with Crippen molar-refractivity contribution in [2.45, 2.75) is 44.9 Å². The van der Waals surface area contributed by atoms with Crippen molar-refractivity contribution in [1.82, 2.24) is 0 Å². The number of rotatable bonds is 6. The third kappa shape index (κ3) is 4.58. The van der Waals surface area contributed by atoms with E-state index < -0.39 is 0 Å². The monoisotopic (exact) mass is 306 g/mol. The second kappa shape index (κ2) is 7.43. The first kappa shape index (κ1) is 12.2. The first-order chi connectivity index (χ1) is 6.84. The van der Waals surface area contributed by atoms with Gasteiger partial charge in [-0.1, -0.05) is 41.2 Å². The molecule has 1 saturated carbocycles. The maximum absolute atomic E-state index is 11.3. The summed E-state index contributed by atoms with van der Waals surface area (Å²) in [4.78, 5) is 11.3. The Morgan fingerprint density at radius 1 is 1.36 bits per heavy atom. The summed E-state index contributed by atoms with van der Waals surface area (Å²) in [5, 5.41) is 0. The van der Waals surface area contributed by atoms with Gasteiger partial charge in [0.2, 0.25) is 0 Å². The van der Waals surface area contributed by atoms with Gasteiger partial charge in [0.15, 0.2) is 0 Å². The van der Waals surface area contributed by atoms with E-state index in [0.717, 1.165) is 25.7 Å². The van der Waals surface area contributed by atoms with Crippen LogP contribution in [-0.2, 0) is 4.79 Å². The fourth-order valence-electron chi connectivity index (χ4n) is 1.84. The highest BCUT2D eigenvalue weighted by Crippen LogP contribution is 2.22. The maximum atomic E-state index is 11.3. The smallest absolute Gasteiger partial charge is 0.139 e. The van der Waals surface area contributed by atoms with Gasteiger partial charge >= 0.3 is 0 Å². The lowest BCUT2D eigenvalue weighted by molar-refractivity contribution is -0.119. The number of allylic oxidation sites excluding steroid dienone is 2. The van der Waals surface area contributed by atoms with Crippen LogP contribution in [0.5, 0.6) is 0 Å². The molecule has 0 amide bonds. The predicted octanol–water partition coefficient (Wildman–Crippen LogP) is 3.91. The zero-order valence-electron chi connectivity index (χ0n) is 8.68. The molecule has 0 heterocycles. The standard InChI is InChI=1S/C12H19IO/c13-10-5-3-1-2-4-7-11-8-6-9-12(11)14/h4,7,11H,1-3,5-6,8-10H2. The molecule has 0 aromatic heterocycles. The van der Waals surface area contributed by atoms with Gasteiger partial charge < -0.3 is 0 Å². The van der Waals surface area contributed by atoms with E-state index in [2.05, 4.69) is 34.7 Å². The summed E-state index contributed by atoms with van der Waals surface area (Å²) in [5.74, 6) is 0.716. The van der Waals surface area contributed by atoms with Crippen LogP contribution in [0.25, 0.3) is 0 Å². The van der Waals surface area contributed by atoms with Crippen LogP contribution in [0.3, 0.4) is 0 Å². The van der Waals surface area contributed by atoms with Crippen LogP contribution >= 0.6 is 22.6 Å². The topological polar surface area (TPSA) is 17.1 Å². The van der Waals surface area contributed by atoms with E-state index in [9.17, 15) is 4.79 Å². The van der Waals surface area contributed by atoms with Gasteiger partial charge in [-0.2, -0.15) is 0 Å². The first-order valence-corrected chi connectivity index (χ1v) is 7.12. The highest BCUT2D eigenvalue weighted by molar-refractivity contribution is 14.1. The number of carbonyl (C=O) groups excluding carboxylic acids is 1. The van der Waals surface area contributed by atoms with Crippen molar-refractivity contribution in [2.24, 2.45) is 5.92 Å². The summed E-state index contributed by atoms with van der Waals surface area (Å²) in [5.41, 5.74) is 0. The number of unbranched alkanes of at least 4 members (excludes halogenated alkanes) is 3. The number of halogens is 1. The second-order valence-corrected chi connectivity index (χ2v) is 5.01. The molecule has 1 aliphatic carbocycles. The predicted molar refractivity (Wildman–Crippen MR) is 68.8 cm³/mol. The van der Waals surface area contributed by atoms with Gasteiger partial charge in [0.05, 0.1) is 0 Å². The Morgan fingerprint density at radius 3 is 2.86 bits per heavy atom. The molecular weight excluding hydrogens is 287 g/mol. The summed E-state index contributed by atoms with van der Waals surface area (Å²) in [6.45, 7) is 0. The first-order valence-electron chi connectivity index (χ1n) is 5.60. The molecule has 0 aromatic rings. The molecule has 0 bridgehead atoms. The quantitative estimate of drug-likeness (QED) is 0.315. The minimum atomic E-state index is 0.263. The zero-order chi connectivity index (χ0) is 10.2. The van der Waals surface area contributed by atoms with Crippen molar-refractivity contribution in [3.63, 3.8) is 0 Å².